The second-order valence-electron chi connectivity index (χ2n) is 5.96. The Bertz CT molecular complexity index is 736. The van der Waals surface area contributed by atoms with E-state index in [1.54, 1.807) is 0 Å². The molecule has 0 saturated carbocycles. The molecule has 1 aliphatic carbocycles. The SMILES string of the molecule is Cc1ccc(CNC(=O)CCc2c[nH]c3c2C=CC=CC3)cc1. The summed E-state index contributed by atoms with van der Waals surface area (Å²) in [6, 6.07) is 8.24. The maximum Gasteiger partial charge on any atom is 0.220 e. The number of hydrogen-bond acceptors (Lipinski definition) is 1. The Kier molecular flexibility index (Phi) is 4.77. The molecule has 0 radical (unpaired) electrons. The van der Waals surface area contributed by atoms with Crippen molar-refractivity contribution in [1.29, 1.82) is 0 Å². The number of carbonyl (C=O) groups is 1. The van der Waals surface area contributed by atoms with Crippen molar-refractivity contribution in [2.75, 3.05) is 0 Å². The number of allylic oxidation sites excluding steroid dienone is 3. The molecule has 1 heterocycles. The number of amides is 1. The zero-order chi connectivity index (χ0) is 16.1. The third-order valence-corrected chi connectivity index (χ3v) is 4.16. The summed E-state index contributed by atoms with van der Waals surface area (Å²) < 4.78 is 0. The maximum absolute atomic E-state index is 12.1. The van der Waals surface area contributed by atoms with E-state index in [0.29, 0.717) is 13.0 Å². The van der Waals surface area contributed by atoms with Gasteiger partial charge in [0.1, 0.15) is 0 Å². The first-order valence-corrected chi connectivity index (χ1v) is 8.07. The molecule has 0 aliphatic heterocycles. The minimum atomic E-state index is 0.0938. The van der Waals surface area contributed by atoms with Crippen molar-refractivity contribution in [2.24, 2.45) is 0 Å². The monoisotopic (exact) mass is 306 g/mol. The summed E-state index contributed by atoms with van der Waals surface area (Å²) in [5, 5.41) is 2.99. The Morgan fingerprint density at radius 2 is 2.04 bits per heavy atom. The van der Waals surface area contributed by atoms with E-state index in [2.05, 4.69) is 65.8 Å². The molecule has 0 spiro atoms. The zero-order valence-corrected chi connectivity index (χ0v) is 13.4. The van der Waals surface area contributed by atoms with Crippen molar-refractivity contribution in [2.45, 2.75) is 32.7 Å². The zero-order valence-electron chi connectivity index (χ0n) is 13.4. The predicted molar refractivity (Wildman–Crippen MR) is 94.0 cm³/mol. The van der Waals surface area contributed by atoms with Crippen molar-refractivity contribution in [3.05, 3.63) is 76.6 Å². The number of carbonyl (C=O) groups excluding carboxylic acids is 1. The van der Waals surface area contributed by atoms with Crippen LogP contribution in [0.1, 0.15) is 34.4 Å². The number of aromatic amines is 1. The summed E-state index contributed by atoms with van der Waals surface area (Å²) in [7, 11) is 0. The highest BCUT2D eigenvalue weighted by molar-refractivity contribution is 5.76. The normalized spacial score (nSPS) is 12.7. The van der Waals surface area contributed by atoms with Gasteiger partial charge in [0, 0.05) is 31.3 Å². The molecule has 1 aliphatic rings. The molecule has 118 valence electrons. The minimum Gasteiger partial charge on any atom is -0.364 e. The first kappa shape index (κ1) is 15.3. The lowest BCUT2D eigenvalue weighted by molar-refractivity contribution is -0.121. The third-order valence-electron chi connectivity index (χ3n) is 4.16. The van der Waals surface area contributed by atoms with E-state index in [0.717, 1.165) is 18.4 Å². The second-order valence-corrected chi connectivity index (χ2v) is 5.96. The van der Waals surface area contributed by atoms with Crippen LogP contribution in [0.15, 0.2) is 48.7 Å². The van der Waals surface area contributed by atoms with E-state index in [1.165, 1.54) is 22.4 Å². The van der Waals surface area contributed by atoms with Crippen LogP contribution in [0, 0.1) is 6.92 Å². The molecule has 1 aromatic heterocycles. The van der Waals surface area contributed by atoms with Crippen molar-refractivity contribution in [1.82, 2.24) is 10.3 Å². The molecule has 1 amide bonds. The number of benzene rings is 1. The van der Waals surface area contributed by atoms with Crippen LogP contribution in [0.4, 0.5) is 0 Å². The van der Waals surface area contributed by atoms with Crippen LogP contribution in [0.3, 0.4) is 0 Å². The average molecular weight is 306 g/mol. The summed E-state index contributed by atoms with van der Waals surface area (Å²) in [6.07, 6.45) is 12.6. The molecule has 3 nitrogen and oxygen atoms in total. The molecular weight excluding hydrogens is 284 g/mol. The van der Waals surface area contributed by atoms with Crippen molar-refractivity contribution >= 4 is 12.0 Å². The number of fused-ring (bicyclic) bond motifs is 1. The number of hydrogen-bond donors (Lipinski definition) is 2. The van der Waals surface area contributed by atoms with Gasteiger partial charge in [-0.3, -0.25) is 4.79 Å². The first-order chi connectivity index (χ1) is 11.2. The molecule has 0 saturated heterocycles. The highest BCUT2D eigenvalue weighted by atomic mass is 16.1. The standard InChI is InChI=1S/C20H22N2O/c1-15-7-9-16(10-8-15)13-22-20(23)12-11-17-14-21-19-6-4-2-3-5-18(17)19/h2-5,7-10,14,21H,6,11-13H2,1H3,(H,22,23). The van der Waals surface area contributed by atoms with Crippen LogP contribution in [0.5, 0.6) is 0 Å². The van der Waals surface area contributed by atoms with Gasteiger partial charge in [0.25, 0.3) is 0 Å². The second kappa shape index (κ2) is 7.14. The van der Waals surface area contributed by atoms with Crippen molar-refractivity contribution in [3.63, 3.8) is 0 Å². The Hall–Kier alpha value is -2.55. The fraction of sp³-hybridized carbons (Fsp3) is 0.250. The van der Waals surface area contributed by atoms with Crippen molar-refractivity contribution in [3.8, 4) is 0 Å². The molecule has 2 N–H and O–H groups in total. The molecule has 3 heteroatoms. The van der Waals surface area contributed by atoms with Crippen LogP contribution in [0.2, 0.25) is 0 Å². The van der Waals surface area contributed by atoms with Gasteiger partial charge >= 0.3 is 0 Å². The number of nitrogens with one attached hydrogen (secondary N) is 2. The molecule has 23 heavy (non-hydrogen) atoms. The van der Waals surface area contributed by atoms with Gasteiger partial charge in [-0.1, -0.05) is 54.1 Å². The summed E-state index contributed by atoms with van der Waals surface area (Å²) in [6.45, 7) is 2.65. The molecule has 0 fully saturated rings. The molecule has 3 rings (SSSR count). The van der Waals surface area contributed by atoms with Gasteiger partial charge in [0.15, 0.2) is 0 Å². The first-order valence-electron chi connectivity index (χ1n) is 8.07. The van der Waals surface area contributed by atoms with Gasteiger partial charge in [-0.2, -0.15) is 0 Å². The van der Waals surface area contributed by atoms with Crippen LogP contribution in [0.25, 0.3) is 6.08 Å². The Morgan fingerprint density at radius 3 is 2.87 bits per heavy atom. The van der Waals surface area contributed by atoms with E-state index in [4.69, 9.17) is 0 Å². The van der Waals surface area contributed by atoms with Gasteiger partial charge in [-0.15, -0.1) is 0 Å². The molecule has 0 unspecified atom stereocenters. The maximum atomic E-state index is 12.1. The predicted octanol–water partition coefficient (Wildman–Crippen LogP) is 3.70. The van der Waals surface area contributed by atoms with E-state index >= 15 is 0 Å². The largest absolute Gasteiger partial charge is 0.364 e. The summed E-state index contributed by atoms with van der Waals surface area (Å²) in [5.74, 6) is 0.0938. The lowest BCUT2D eigenvalue weighted by Gasteiger charge is -2.06. The van der Waals surface area contributed by atoms with Crippen LogP contribution < -0.4 is 5.32 Å². The lowest BCUT2D eigenvalue weighted by atomic mass is 10.0. The summed E-state index contributed by atoms with van der Waals surface area (Å²) in [5.41, 5.74) is 6.04. The van der Waals surface area contributed by atoms with Gasteiger partial charge < -0.3 is 10.3 Å². The van der Waals surface area contributed by atoms with E-state index in [-0.39, 0.29) is 5.91 Å². The highest BCUT2D eigenvalue weighted by Crippen LogP contribution is 2.20. The number of rotatable bonds is 5. The number of H-pyrrole nitrogens is 1. The minimum absolute atomic E-state index is 0.0938. The molecule has 1 aromatic carbocycles. The average Bonchev–Trinajstić information content (AvgIpc) is 2.79. The topological polar surface area (TPSA) is 44.9 Å². The van der Waals surface area contributed by atoms with Gasteiger partial charge in [0.2, 0.25) is 5.91 Å². The lowest BCUT2D eigenvalue weighted by Crippen LogP contribution is -2.23. The van der Waals surface area contributed by atoms with E-state index < -0.39 is 0 Å². The highest BCUT2D eigenvalue weighted by Gasteiger charge is 2.10. The van der Waals surface area contributed by atoms with Crippen molar-refractivity contribution < 1.29 is 4.79 Å². The van der Waals surface area contributed by atoms with Crippen LogP contribution in [-0.2, 0) is 24.2 Å². The third kappa shape index (κ3) is 4.01. The number of aryl methyl sites for hydroxylation is 2. The summed E-state index contributed by atoms with van der Waals surface area (Å²) in [4.78, 5) is 15.4. The van der Waals surface area contributed by atoms with Gasteiger partial charge in [0.05, 0.1) is 0 Å². The van der Waals surface area contributed by atoms with Gasteiger partial charge in [-0.05, 0) is 30.0 Å². The van der Waals surface area contributed by atoms with Crippen LogP contribution >= 0.6 is 0 Å². The summed E-state index contributed by atoms with van der Waals surface area (Å²) >= 11 is 0. The van der Waals surface area contributed by atoms with Gasteiger partial charge in [-0.25, -0.2) is 0 Å². The fourth-order valence-electron chi connectivity index (χ4n) is 2.77. The molecule has 0 bridgehead atoms. The Balaban J connectivity index is 1.51. The van der Waals surface area contributed by atoms with Crippen LogP contribution in [-0.4, -0.2) is 10.9 Å². The Morgan fingerprint density at radius 1 is 1.22 bits per heavy atom. The van der Waals surface area contributed by atoms with E-state index in [9.17, 15) is 4.79 Å². The fourth-order valence-corrected chi connectivity index (χ4v) is 2.77. The number of aromatic nitrogens is 1. The molecule has 0 atom stereocenters. The van der Waals surface area contributed by atoms with E-state index in [1.807, 2.05) is 6.20 Å². The molecular formula is C20H22N2O. The Labute approximate surface area is 137 Å². The smallest absolute Gasteiger partial charge is 0.220 e. The molecule has 2 aromatic rings. The quantitative estimate of drug-likeness (QED) is 0.869.